The van der Waals surface area contributed by atoms with Crippen LogP contribution < -0.4 is 0 Å². The third kappa shape index (κ3) is 6.95. The second kappa shape index (κ2) is 9.55. The standard InChI is InChI=1S/C18H26O/c1-3-4-8-16(2)15-18(13-14-19)12-11-17-9-6-5-7-10-17/h5-7,9-10,14-15,18H,3-4,8,11-13H2,1-2H3/b16-15+. The molecule has 19 heavy (non-hydrogen) atoms. The molecule has 0 aromatic heterocycles. The molecule has 1 atom stereocenters. The van der Waals surface area contributed by atoms with Gasteiger partial charge in [-0.3, -0.25) is 0 Å². The van der Waals surface area contributed by atoms with Crippen LogP contribution in [0.4, 0.5) is 0 Å². The van der Waals surface area contributed by atoms with Crippen LogP contribution in [0.5, 0.6) is 0 Å². The summed E-state index contributed by atoms with van der Waals surface area (Å²) in [6, 6.07) is 10.5. The first-order valence-corrected chi connectivity index (χ1v) is 7.41. The first-order chi connectivity index (χ1) is 9.26. The van der Waals surface area contributed by atoms with E-state index in [1.54, 1.807) is 0 Å². The molecule has 0 saturated carbocycles. The van der Waals surface area contributed by atoms with E-state index in [0.29, 0.717) is 12.3 Å². The lowest BCUT2D eigenvalue weighted by Crippen LogP contribution is -2.01. The van der Waals surface area contributed by atoms with E-state index in [2.05, 4.69) is 44.2 Å². The molecule has 0 aliphatic heterocycles. The van der Waals surface area contributed by atoms with Crippen LogP contribution in [0.3, 0.4) is 0 Å². The average Bonchev–Trinajstić information content (AvgIpc) is 2.44. The fraction of sp³-hybridized carbons (Fsp3) is 0.500. The van der Waals surface area contributed by atoms with Crippen molar-refractivity contribution in [1.82, 2.24) is 0 Å². The topological polar surface area (TPSA) is 17.1 Å². The highest BCUT2D eigenvalue weighted by Gasteiger charge is 2.06. The van der Waals surface area contributed by atoms with Crippen LogP contribution in [-0.2, 0) is 11.2 Å². The Bertz CT molecular complexity index is 378. The molecule has 0 bridgehead atoms. The van der Waals surface area contributed by atoms with Crippen LogP contribution in [-0.4, -0.2) is 6.29 Å². The predicted octanol–water partition coefficient (Wildman–Crippen LogP) is 4.96. The molecule has 0 N–H and O–H groups in total. The molecule has 0 aliphatic rings. The lowest BCUT2D eigenvalue weighted by atomic mass is 9.94. The first kappa shape index (κ1) is 15.7. The molecule has 1 rings (SSSR count). The molecular weight excluding hydrogens is 232 g/mol. The molecule has 0 amide bonds. The molecular formula is C18H26O. The maximum atomic E-state index is 10.8. The number of rotatable bonds is 9. The van der Waals surface area contributed by atoms with Crippen LogP contribution in [0.15, 0.2) is 42.0 Å². The van der Waals surface area contributed by atoms with Gasteiger partial charge in [-0.25, -0.2) is 0 Å². The quantitative estimate of drug-likeness (QED) is 0.452. The Balaban J connectivity index is 2.50. The number of unbranched alkanes of at least 4 members (excludes halogenated alkanes) is 1. The van der Waals surface area contributed by atoms with Gasteiger partial charge in [0.25, 0.3) is 0 Å². The summed E-state index contributed by atoms with van der Waals surface area (Å²) in [5.41, 5.74) is 2.79. The third-order valence-electron chi connectivity index (χ3n) is 3.49. The van der Waals surface area contributed by atoms with Gasteiger partial charge in [0.05, 0.1) is 0 Å². The third-order valence-corrected chi connectivity index (χ3v) is 3.49. The minimum absolute atomic E-state index is 0.398. The van der Waals surface area contributed by atoms with Crippen molar-refractivity contribution in [3.63, 3.8) is 0 Å². The molecule has 1 aromatic carbocycles. The largest absolute Gasteiger partial charge is 0.303 e. The van der Waals surface area contributed by atoms with Crippen LogP contribution in [0.1, 0.15) is 51.5 Å². The summed E-state index contributed by atoms with van der Waals surface area (Å²) in [6.45, 7) is 4.40. The van der Waals surface area contributed by atoms with Gasteiger partial charge in [-0.05, 0) is 44.1 Å². The van der Waals surface area contributed by atoms with Crippen molar-refractivity contribution < 1.29 is 4.79 Å². The summed E-state index contributed by atoms with van der Waals surface area (Å²) in [5.74, 6) is 0.398. The Morgan fingerprint density at radius 2 is 2.00 bits per heavy atom. The fourth-order valence-corrected chi connectivity index (χ4v) is 2.33. The van der Waals surface area contributed by atoms with Gasteiger partial charge >= 0.3 is 0 Å². The molecule has 0 saturated heterocycles. The van der Waals surface area contributed by atoms with Gasteiger partial charge in [0.2, 0.25) is 0 Å². The van der Waals surface area contributed by atoms with Crippen molar-refractivity contribution in [3.8, 4) is 0 Å². The van der Waals surface area contributed by atoms with Gasteiger partial charge in [-0.2, -0.15) is 0 Å². The monoisotopic (exact) mass is 258 g/mol. The van der Waals surface area contributed by atoms with E-state index in [1.807, 2.05) is 6.07 Å². The van der Waals surface area contributed by atoms with E-state index in [0.717, 1.165) is 25.5 Å². The number of benzene rings is 1. The van der Waals surface area contributed by atoms with Gasteiger partial charge in [0.15, 0.2) is 0 Å². The van der Waals surface area contributed by atoms with Crippen LogP contribution in [0.25, 0.3) is 0 Å². The van der Waals surface area contributed by atoms with Crippen molar-refractivity contribution >= 4 is 6.29 Å². The number of hydrogen-bond acceptors (Lipinski definition) is 1. The number of carbonyl (C=O) groups excluding carboxylic acids is 1. The normalized spacial score (nSPS) is 13.3. The Hall–Kier alpha value is -1.37. The highest BCUT2D eigenvalue weighted by Crippen LogP contribution is 2.18. The summed E-state index contributed by atoms with van der Waals surface area (Å²) in [5, 5.41) is 0. The molecule has 0 heterocycles. The average molecular weight is 258 g/mol. The first-order valence-electron chi connectivity index (χ1n) is 7.41. The number of aldehydes is 1. The highest BCUT2D eigenvalue weighted by atomic mass is 16.1. The molecule has 104 valence electrons. The zero-order chi connectivity index (χ0) is 13.9. The Morgan fingerprint density at radius 1 is 1.26 bits per heavy atom. The second-order valence-electron chi connectivity index (χ2n) is 5.30. The summed E-state index contributed by atoms with van der Waals surface area (Å²) >= 11 is 0. The maximum absolute atomic E-state index is 10.8. The van der Waals surface area contributed by atoms with Gasteiger partial charge in [-0.15, -0.1) is 0 Å². The van der Waals surface area contributed by atoms with E-state index >= 15 is 0 Å². The van der Waals surface area contributed by atoms with Crippen molar-refractivity contribution in [3.05, 3.63) is 47.5 Å². The summed E-state index contributed by atoms with van der Waals surface area (Å²) in [6.07, 6.45) is 9.77. The molecule has 0 radical (unpaired) electrons. The fourth-order valence-electron chi connectivity index (χ4n) is 2.33. The smallest absolute Gasteiger partial charge is 0.120 e. The molecule has 0 fully saturated rings. The van der Waals surface area contributed by atoms with Crippen molar-refractivity contribution in [1.29, 1.82) is 0 Å². The van der Waals surface area contributed by atoms with Crippen LogP contribution in [0.2, 0.25) is 0 Å². The lowest BCUT2D eigenvalue weighted by Gasteiger charge is -2.11. The van der Waals surface area contributed by atoms with Gasteiger partial charge < -0.3 is 4.79 Å². The Morgan fingerprint density at radius 3 is 2.63 bits per heavy atom. The van der Waals surface area contributed by atoms with Gasteiger partial charge in [0.1, 0.15) is 6.29 Å². The van der Waals surface area contributed by atoms with Gasteiger partial charge in [0, 0.05) is 6.42 Å². The summed E-state index contributed by atoms with van der Waals surface area (Å²) < 4.78 is 0. The molecule has 0 aliphatic carbocycles. The Labute approximate surface area is 117 Å². The summed E-state index contributed by atoms with van der Waals surface area (Å²) in [7, 11) is 0. The minimum atomic E-state index is 0.398. The number of aryl methyl sites for hydroxylation is 1. The van der Waals surface area contributed by atoms with Crippen LogP contribution in [0, 0.1) is 5.92 Å². The van der Waals surface area contributed by atoms with E-state index in [4.69, 9.17) is 0 Å². The SMILES string of the molecule is CCCC/C(C)=C/C(CC=O)CCc1ccccc1. The highest BCUT2D eigenvalue weighted by molar-refractivity contribution is 5.50. The maximum Gasteiger partial charge on any atom is 0.120 e. The zero-order valence-electron chi connectivity index (χ0n) is 12.3. The molecule has 1 heteroatoms. The minimum Gasteiger partial charge on any atom is -0.303 e. The van der Waals surface area contributed by atoms with Crippen molar-refractivity contribution in [2.24, 2.45) is 5.92 Å². The molecule has 0 spiro atoms. The lowest BCUT2D eigenvalue weighted by molar-refractivity contribution is -0.108. The predicted molar refractivity (Wildman–Crippen MR) is 82.2 cm³/mol. The van der Waals surface area contributed by atoms with Crippen molar-refractivity contribution in [2.45, 2.75) is 52.4 Å². The van der Waals surface area contributed by atoms with Crippen molar-refractivity contribution in [2.75, 3.05) is 0 Å². The van der Waals surface area contributed by atoms with Crippen LogP contribution >= 0.6 is 0 Å². The van der Waals surface area contributed by atoms with E-state index in [9.17, 15) is 4.79 Å². The molecule has 1 aromatic rings. The number of allylic oxidation sites excluding steroid dienone is 2. The zero-order valence-corrected chi connectivity index (χ0v) is 12.3. The van der Waals surface area contributed by atoms with Gasteiger partial charge in [-0.1, -0.05) is 55.3 Å². The molecule has 1 nitrogen and oxygen atoms in total. The summed E-state index contributed by atoms with van der Waals surface area (Å²) in [4.78, 5) is 10.8. The van der Waals surface area contributed by atoms with E-state index < -0.39 is 0 Å². The number of carbonyl (C=O) groups is 1. The van der Waals surface area contributed by atoms with E-state index in [1.165, 1.54) is 24.0 Å². The van der Waals surface area contributed by atoms with E-state index in [-0.39, 0.29) is 0 Å². The number of hydrogen-bond donors (Lipinski definition) is 0. The Kier molecular flexibility index (Phi) is 7.88. The molecule has 1 unspecified atom stereocenters. The second-order valence-corrected chi connectivity index (χ2v) is 5.30.